The van der Waals surface area contributed by atoms with Crippen molar-refractivity contribution in [1.29, 1.82) is 0 Å². The topological polar surface area (TPSA) is 69.9 Å². The van der Waals surface area contributed by atoms with Gasteiger partial charge in [0.15, 0.2) is 0 Å². The molecule has 0 atom stereocenters. The second-order valence-corrected chi connectivity index (χ2v) is 27.9. The first-order valence-electron chi connectivity index (χ1n) is 21.5. The van der Waals surface area contributed by atoms with E-state index in [-0.39, 0.29) is 20.1 Å². The Labute approximate surface area is 374 Å². The van der Waals surface area contributed by atoms with E-state index in [0.717, 1.165) is 83.3 Å². The molecule has 5 heterocycles. The third-order valence-corrected chi connectivity index (χ3v) is 16.2. The fourth-order valence-corrected chi connectivity index (χ4v) is 12.3. The van der Waals surface area contributed by atoms with Crippen molar-refractivity contribution in [2.45, 2.75) is 75.7 Å². The molecular formula is C53H48GeIrN4O2-2. The van der Waals surface area contributed by atoms with Crippen LogP contribution in [0.4, 0.5) is 0 Å². The van der Waals surface area contributed by atoms with Gasteiger partial charge in [-0.3, -0.25) is 4.98 Å². The first kappa shape index (κ1) is 39.8. The average Bonchev–Trinajstić information content (AvgIpc) is 4.07. The van der Waals surface area contributed by atoms with Gasteiger partial charge in [-0.25, -0.2) is 0 Å². The molecule has 5 aromatic heterocycles. The number of nitrogens with zero attached hydrogens (tertiary/aromatic N) is 4. The van der Waals surface area contributed by atoms with Gasteiger partial charge in [0.1, 0.15) is 5.58 Å². The number of rotatable bonds is 6. The SMILES string of the molecule is [2H]C(C)(C)c1cc(-c2[c-]ccc3c2oc2nc(C)ccc23)nc[c]1[Ge]([CH3])([CH3])[CH3].[Ir].[c-]1ccc2c(oc3cc(-c4ccccc4)ccc32)c1-c1nc2ccccc2n1C1CCCC1. The van der Waals surface area contributed by atoms with Gasteiger partial charge in [-0.15, -0.1) is 18.2 Å². The zero-order valence-corrected chi connectivity index (χ0v) is 39.9. The molecule has 1 aliphatic rings. The number of furan rings is 2. The molecule has 0 bridgehead atoms. The zero-order chi connectivity index (χ0) is 42.0. The number of pyridine rings is 2. The van der Waals surface area contributed by atoms with Crippen molar-refractivity contribution in [2.24, 2.45) is 0 Å². The van der Waals surface area contributed by atoms with Crippen molar-refractivity contribution in [1.82, 2.24) is 19.5 Å². The summed E-state index contributed by atoms with van der Waals surface area (Å²) in [5.41, 5.74) is 12.3. The van der Waals surface area contributed by atoms with Gasteiger partial charge in [-0.05, 0) is 42.2 Å². The molecule has 11 rings (SSSR count). The summed E-state index contributed by atoms with van der Waals surface area (Å²) in [5.74, 6) is 7.30. The summed E-state index contributed by atoms with van der Waals surface area (Å²) in [4.78, 5) is 14.4. The molecule has 8 heteroatoms. The average molecular weight is 1040 g/mol. The number of hydrogen-bond donors (Lipinski definition) is 0. The number of aryl methyl sites for hydroxylation is 1. The molecule has 6 nitrogen and oxygen atoms in total. The van der Waals surface area contributed by atoms with Crippen LogP contribution in [-0.2, 0) is 20.1 Å². The van der Waals surface area contributed by atoms with Gasteiger partial charge in [0, 0.05) is 31.5 Å². The van der Waals surface area contributed by atoms with Crippen LogP contribution in [0.1, 0.15) is 64.1 Å². The predicted molar refractivity (Wildman–Crippen MR) is 250 cm³/mol. The van der Waals surface area contributed by atoms with Crippen molar-refractivity contribution < 1.29 is 30.3 Å². The molecule has 0 amide bonds. The van der Waals surface area contributed by atoms with Crippen LogP contribution in [0.2, 0.25) is 17.3 Å². The fourth-order valence-electron chi connectivity index (χ4n) is 8.98. The van der Waals surface area contributed by atoms with Gasteiger partial charge in [-0.1, -0.05) is 78.4 Å². The van der Waals surface area contributed by atoms with E-state index in [2.05, 4.69) is 124 Å². The number of imidazole rings is 1. The van der Waals surface area contributed by atoms with E-state index in [9.17, 15) is 0 Å². The van der Waals surface area contributed by atoms with Crippen LogP contribution in [0, 0.1) is 19.1 Å². The molecular weight excluding hydrogens is 989 g/mol. The Morgan fingerprint density at radius 1 is 0.738 bits per heavy atom. The van der Waals surface area contributed by atoms with Gasteiger partial charge in [0.2, 0.25) is 0 Å². The third kappa shape index (κ3) is 7.55. The zero-order valence-electron chi connectivity index (χ0n) is 36.4. The van der Waals surface area contributed by atoms with Crippen LogP contribution in [-0.4, -0.2) is 32.8 Å². The van der Waals surface area contributed by atoms with E-state index in [1.807, 2.05) is 57.3 Å². The summed E-state index contributed by atoms with van der Waals surface area (Å²) in [6.07, 6.45) is 6.93. The van der Waals surface area contributed by atoms with E-state index >= 15 is 0 Å². The van der Waals surface area contributed by atoms with Gasteiger partial charge < -0.3 is 8.98 Å². The van der Waals surface area contributed by atoms with Crippen LogP contribution in [0.5, 0.6) is 0 Å². The molecule has 0 spiro atoms. The molecule has 0 unspecified atom stereocenters. The monoisotopic (exact) mass is 1040 g/mol. The van der Waals surface area contributed by atoms with Crippen LogP contribution >= 0.6 is 0 Å². The summed E-state index contributed by atoms with van der Waals surface area (Å²) in [6.45, 7) is 5.85. The Balaban J connectivity index is 0.000000158. The molecule has 1 aliphatic carbocycles. The minimum atomic E-state index is -2.16. The summed E-state index contributed by atoms with van der Waals surface area (Å²) >= 11 is -2.16. The van der Waals surface area contributed by atoms with E-state index in [1.165, 1.54) is 41.2 Å². The van der Waals surface area contributed by atoms with Crippen molar-refractivity contribution in [3.05, 3.63) is 145 Å². The number of benzene rings is 5. The second-order valence-electron chi connectivity index (χ2n) is 17.4. The predicted octanol–water partition coefficient (Wildman–Crippen LogP) is 14.0. The van der Waals surface area contributed by atoms with Crippen molar-refractivity contribution >= 4 is 72.7 Å². The Kier molecular flexibility index (Phi) is 10.8. The van der Waals surface area contributed by atoms with Crippen LogP contribution in [0.25, 0.3) is 88.8 Å². The Hall–Kier alpha value is -5.34. The minimum absolute atomic E-state index is 0. The van der Waals surface area contributed by atoms with Crippen molar-refractivity contribution in [3.63, 3.8) is 0 Å². The van der Waals surface area contributed by atoms with Gasteiger partial charge in [0.05, 0.1) is 22.4 Å². The smallest absolute Gasteiger partial charge is 0.121 e. The summed E-state index contributed by atoms with van der Waals surface area (Å²) in [5, 5.41) is 4.26. The largest absolute Gasteiger partial charge is 0.501 e. The second kappa shape index (κ2) is 16.5. The van der Waals surface area contributed by atoms with Gasteiger partial charge in [0.25, 0.3) is 0 Å². The van der Waals surface area contributed by atoms with E-state index in [1.54, 1.807) is 0 Å². The van der Waals surface area contributed by atoms with E-state index in [4.69, 9.17) is 20.2 Å². The Morgan fingerprint density at radius 3 is 2.18 bits per heavy atom. The molecule has 61 heavy (non-hydrogen) atoms. The van der Waals surface area contributed by atoms with Crippen LogP contribution in [0.3, 0.4) is 0 Å². The molecule has 1 fully saturated rings. The quantitative estimate of drug-likeness (QED) is 0.123. The number of aromatic nitrogens is 4. The molecule has 0 aliphatic heterocycles. The maximum Gasteiger partial charge on any atom is 0.121 e. The standard InChI is InChI=1S/C30H23N2O.C23H25GeN2O.Ir/c1-2-9-20(10-3-1)21-17-18-23-24-13-8-14-25(29(24)33-28(23)19-21)30-31-26-15-6-7-16-27(26)32(30)22-11-4-5-12-22;1-14(2)19-12-21(25-13-20(19)24(4,5)6)18-9-7-8-16-17-11-10-15(3)26-23(17)27-22(16)18;/h1-3,6-10,13,15-19,22H,4-5,11-12H2;7-8,10-14H,1-6H3;/q2*-1;/i;14D;. The molecule has 0 N–H and O–H groups in total. The Morgan fingerprint density at radius 2 is 1.43 bits per heavy atom. The molecule has 307 valence electrons. The van der Waals surface area contributed by atoms with E-state index in [0.29, 0.717) is 11.8 Å². The van der Waals surface area contributed by atoms with Crippen molar-refractivity contribution in [2.75, 3.05) is 0 Å². The number of para-hydroxylation sites is 2. The number of fused-ring (bicyclic) bond motifs is 7. The minimum Gasteiger partial charge on any atom is -0.501 e. The maximum atomic E-state index is 8.69. The molecule has 1 radical (unpaired) electrons. The molecule has 1 saturated carbocycles. The molecule has 0 saturated heterocycles. The van der Waals surface area contributed by atoms with Gasteiger partial charge >= 0.3 is 165 Å². The van der Waals surface area contributed by atoms with Gasteiger partial charge in [-0.2, -0.15) is 0 Å². The summed E-state index contributed by atoms with van der Waals surface area (Å²) in [7, 11) is 0. The Bertz CT molecular complexity index is 3260. The third-order valence-electron chi connectivity index (χ3n) is 12.0. The van der Waals surface area contributed by atoms with Crippen LogP contribution < -0.4 is 4.40 Å². The molecule has 5 aromatic carbocycles. The van der Waals surface area contributed by atoms with Crippen molar-refractivity contribution in [3.8, 4) is 33.8 Å². The van der Waals surface area contributed by atoms with E-state index < -0.39 is 19.2 Å². The first-order chi connectivity index (χ1) is 29.4. The summed E-state index contributed by atoms with van der Waals surface area (Å²) in [6, 6.07) is 46.8. The molecule has 10 aromatic rings. The van der Waals surface area contributed by atoms with Crippen LogP contribution in [0.15, 0.2) is 130 Å². The normalized spacial score (nSPS) is 13.8. The fraction of sp³-hybridized carbons (Fsp3) is 0.226. The number of hydrogen-bond acceptors (Lipinski definition) is 5. The summed E-state index contributed by atoms with van der Waals surface area (Å²) < 4.78 is 25.1. The maximum absolute atomic E-state index is 8.69. The first-order valence-corrected chi connectivity index (χ1v) is 28.4.